The number of fused-ring (bicyclic) bond motifs is 1. The maximum Gasteiger partial charge on any atom is 0.334 e. The van der Waals surface area contributed by atoms with Crippen LogP contribution in [0.25, 0.3) is 0 Å². The minimum Gasteiger partial charge on any atom is -0.508 e. The van der Waals surface area contributed by atoms with E-state index in [4.69, 9.17) is 9.47 Å². The van der Waals surface area contributed by atoms with Gasteiger partial charge in [-0.15, -0.1) is 0 Å². The number of likely N-dealkylation sites (N-methyl/N-ethyl adjacent to an activating group) is 1. The summed E-state index contributed by atoms with van der Waals surface area (Å²) in [5.74, 6) is 0.987. The van der Waals surface area contributed by atoms with Crippen LogP contribution in [0.5, 0.6) is 11.5 Å². The monoisotopic (exact) mass is 523 g/mol. The number of phenols is 1. The quantitative estimate of drug-likeness (QED) is 0.573. The molecule has 0 saturated carbocycles. The average molecular weight is 524 g/mol. The number of amides is 3. The summed E-state index contributed by atoms with van der Waals surface area (Å²) in [6.07, 6.45) is 2.46. The van der Waals surface area contributed by atoms with Crippen molar-refractivity contribution in [2.45, 2.75) is 44.1 Å². The number of nitrogens with one attached hydrogen (secondary N) is 1. The van der Waals surface area contributed by atoms with Crippen molar-refractivity contribution < 1.29 is 24.2 Å². The van der Waals surface area contributed by atoms with E-state index in [0.717, 1.165) is 42.9 Å². The molecule has 204 valence electrons. The van der Waals surface area contributed by atoms with Crippen LogP contribution in [0, 0.1) is 0 Å². The summed E-state index contributed by atoms with van der Waals surface area (Å²) in [4.78, 5) is 31.2. The highest BCUT2D eigenvalue weighted by molar-refractivity contribution is 5.83. The van der Waals surface area contributed by atoms with Crippen LogP contribution < -0.4 is 10.1 Å². The Morgan fingerprint density at radius 1 is 1.11 bits per heavy atom. The largest absolute Gasteiger partial charge is 0.508 e. The molecule has 2 aromatic carbocycles. The number of hydrogen-bond acceptors (Lipinski definition) is 7. The lowest BCUT2D eigenvalue weighted by Gasteiger charge is -2.55. The number of aromatic hydroxyl groups is 1. The summed E-state index contributed by atoms with van der Waals surface area (Å²) in [5, 5.41) is 16.2. The van der Waals surface area contributed by atoms with E-state index in [1.165, 1.54) is 0 Å². The van der Waals surface area contributed by atoms with Gasteiger partial charge in [0.2, 0.25) is 5.91 Å². The SMILES string of the molecule is COc1ccc(CNC(=O)N2[C@H]3CN(CC4CCCO4)C[C@H](Cc4ccc(O)cc4)N3C(=O)CN2C)cc1. The Labute approximate surface area is 223 Å². The number of nitrogens with zero attached hydrogens (tertiary/aromatic N) is 4. The standard InChI is InChI=1S/C28H37N5O5/c1-30-19-27(35)32-22(14-20-5-9-23(34)10-6-20)16-31(17-25-4-3-13-38-25)18-26(32)33(30)28(36)29-15-21-7-11-24(37-2)12-8-21/h5-12,22,25-26,34H,3-4,13-19H2,1-2H3,(H,29,36)/t22-,25?,26-/m0/s1. The van der Waals surface area contributed by atoms with E-state index in [9.17, 15) is 14.7 Å². The highest BCUT2D eigenvalue weighted by Gasteiger charge is 2.47. The van der Waals surface area contributed by atoms with Gasteiger partial charge in [0.05, 0.1) is 25.8 Å². The van der Waals surface area contributed by atoms with Crippen LogP contribution >= 0.6 is 0 Å². The van der Waals surface area contributed by atoms with Gasteiger partial charge >= 0.3 is 6.03 Å². The molecule has 5 rings (SSSR count). The molecule has 3 heterocycles. The second kappa shape index (κ2) is 11.6. The summed E-state index contributed by atoms with van der Waals surface area (Å²) < 4.78 is 11.1. The topological polar surface area (TPSA) is 97.8 Å². The highest BCUT2D eigenvalue weighted by Crippen LogP contribution is 2.28. The first-order valence-electron chi connectivity index (χ1n) is 13.3. The predicted molar refractivity (Wildman–Crippen MR) is 141 cm³/mol. The Morgan fingerprint density at radius 3 is 2.53 bits per heavy atom. The fraction of sp³-hybridized carbons (Fsp3) is 0.500. The first-order chi connectivity index (χ1) is 18.4. The van der Waals surface area contributed by atoms with E-state index in [0.29, 0.717) is 26.1 Å². The molecule has 3 aliphatic heterocycles. The van der Waals surface area contributed by atoms with Gasteiger partial charge in [0.25, 0.3) is 0 Å². The second-order valence-electron chi connectivity index (χ2n) is 10.3. The second-order valence-corrected chi connectivity index (χ2v) is 10.3. The molecule has 0 bridgehead atoms. The molecule has 38 heavy (non-hydrogen) atoms. The number of piperazine rings is 1. The van der Waals surface area contributed by atoms with Gasteiger partial charge in [0, 0.05) is 39.8 Å². The van der Waals surface area contributed by atoms with Crippen LogP contribution in [0.3, 0.4) is 0 Å². The van der Waals surface area contributed by atoms with E-state index in [1.807, 2.05) is 41.3 Å². The lowest BCUT2D eigenvalue weighted by molar-refractivity contribution is -0.180. The summed E-state index contributed by atoms with van der Waals surface area (Å²) in [5.41, 5.74) is 1.99. The van der Waals surface area contributed by atoms with Gasteiger partial charge in [-0.2, -0.15) is 0 Å². The number of rotatable bonds is 7. The van der Waals surface area contributed by atoms with Crippen molar-refractivity contribution in [2.75, 3.05) is 46.9 Å². The van der Waals surface area contributed by atoms with Crippen molar-refractivity contribution in [2.24, 2.45) is 0 Å². The zero-order valence-corrected chi connectivity index (χ0v) is 22.1. The first-order valence-corrected chi connectivity index (χ1v) is 13.3. The fourth-order valence-electron chi connectivity index (χ4n) is 5.75. The molecule has 1 unspecified atom stereocenters. The van der Waals surface area contributed by atoms with Crippen molar-refractivity contribution in [1.82, 2.24) is 25.1 Å². The Balaban J connectivity index is 1.36. The van der Waals surface area contributed by atoms with Crippen molar-refractivity contribution in [3.05, 3.63) is 59.7 Å². The van der Waals surface area contributed by atoms with E-state index < -0.39 is 6.17 Å². The maximum absolute atomic E-state index is 13.6. The van der Waals surface area contributed by atoms with E-state index in [2.05, 4.69) is 10.2 Å². The van der Waals surface area contributed by atoms with Crippen LogP contribution in [-0.2, 0) is 22.5 Å². The van der Waals surface area contributed by atoms with Crippen molar-refractivity contribution in [3.8, 4) is 11.5 Å². The van der Waals surface area contributed by atoms with Gasteiger partial charge in [-0.3, -0.25) is 9.69 Å². The fourth-order valence-corrected chi connectivity index (χ4v) is 5.75. The summed E-state index contributed by atoms with van der Waals surface area (Å²) in [6, 6.07) is 14.4. The summed E-state index contributed by atoms with van der Waals surface area (Å²) >= 11 is 0. The van der Waals surface area contributed by atoms with Gasteiger partial charge in [-0.25, -0.2) is 14.8 Å². The smallest absolute Gasteiger partial charge is 0.334 e. The van der Waals surface area contributed by atoms with Crippen molar-refractivity contribution in [1.29, 1.82) is 0 Å². The Morgan fingerprint density at radius 2 is 1.84 bits per heavy atom. The van der Waals surface area contributed by atoms with Crippen LogP contribution in [0.1, 0.15) is 24.0 Å². The highest BCUT2D eigenvalue weighted by atomic mass is 16.5. The normalized spacial score (nSPS) is 24.4. The van der Waals surface area contributed by atoms with E-state index in [1.54, 1.807) is 36.3 Å². The third-order valence-electron chi connectivity index (χ3n) is 7.61. The molecule has 2 aromatic rings. The van der Waals surface area contributed by atoms with Crippen LogP contribution in [0.2, 0.25) is 0 Å². The van der Waals surface area contributed by atoms with E-state index >= 15 is 0 Å². The van der Waals surface area contributed by atoms with Crippen LogP contribution in [0.4, 0.5) is 4.79 Å². The molecule has 0 aromatic heterocycles. The third kappa shape index (κ3) is 5.87. The van der Waals surface area contributed by atoms with Crippen LogP contribution in [-0.4, -0.2) is 102 Å². The van der Waals surface area contributed by atoms with Gasteiger partial charge < -0.3 is 24.8 Å². The number of hydrazine groups is 1. The number of benzene rings is 2. The average Bonchev–Trinajstić information content (AvgIpc) is 3.42. The lowest BCUT2D eigenvalue weighted by Crippen LogP contribution is -2.75. The molecular weight excluding hydrogens is 486 g/mol. The molecule has 10 nitrogen and oxygen atoms in total. The molecule has 3 aliphatic rings. The molecule has 0 aliphatic carbocycles. The third-order valence-corrected chi connectivity index (χ3v) is 7.61. The van der Waals surface area contributed by atoms with Crippen molar-refractivity contribution in [3.63, 3.8) is 0 Å². The van der Waals surface area contributed by atoms with Gasteiger partial charge in [0.1, 0.15) is 17.7 Å². The van der Waals surface area contributed by atoms with Crippen LogP contribution in [0.15, 0.2) is 48.5 Å². The van der Waals surface area contributed by atoms with Gasteiger partial charge in [-0.1, -0.05) is 24.3 Å². The maximum atomic E-state index is 13.6. The zero-order chi connectivity index (χ0) is 26.6. The molecule has 3 atom stereocenters. The zero-order valence-electron chi connectivity index (χ0n) is 22.1. The summed E-state index contributed by atoms with van der Waals surface area (Å²) in [7, 11) is 3.41. The molecule has 2 N–H and O–H groups in total. The molecule has 3 saturated heterocycles. The Bertz CT molecular complexity index is 1110. The minimum atomic E-state index is -0.436. The number of carbonyl (C=O) groups excluding carboxylic acids is 2. The number of phenolic OH excluding ortho intramolecular Hbond substituents is 1. The van der Waals surface area contributed by atoms with Crippen molar-refractivity contribution >= 4 is 11.9 Å². The lowest BCUT2D eigenvalue weighted by atomic mass is 9.99. The van der Waals surface area contributed by atoms with Gasteiger partial charge in [-0.05, 0) is 54.7 Å². The van der Waals surface area contributed by atoms with E-state index in [-0.39, 0.29) is 36.4 Å². The summed E-state index contributed by atoms with van der Waals surface area (Å²) in [6.45, 7) is 3.31. The number of urea groups is 1. The number of hydrogen-bond donors (Lipinski definition) is 2. The molecule has 0 radical (unpaired) electrons. The molecule has 3 fully saturated rings. The Kier molecular flexibility index (Phi) is 8.01. The molecule has 10 heteroatoms. The predicted octanol–water partition coefficient (Wildman–Crippen LogP) is 2.03. The van der Waals surface area contributed by atoms with Gasteiger partial charge in [0.15, 0.2) is 0 Å². The minimum absolute atomic E-state index is 0.0113. The molecule has 0 spiro atoms. The number of ether oxygens (including phenoxy) is 2. The number of carbonyl (C=O) groups is 2. The number of methoxy groups -OCH3 is 1. The molecular formula is C28H37N5O5. The Hall–Kier alpha value is -3.34. The molecule has 3 amide bonds. The first kappa shape index (κ1) is 26.3.